The Balaban J connectivity index is 1.88. The quantitative estimate of drug-likeness (QED) is 0.474. The molecule has 58 valence electrons. The molecule has 0 saturated carbocycles. The Hall–Kier alpha value is 0.170. The molecule has 0 aromatic heterocycles. The van der Waals surface area contributed by atoms with Crippen molar-refractivity contribution in [3.8, 4) is 0 Å². The molecule has 4 heteroatoms. The summed E-state index contributed by atoms with van der Waals surface area (Å²) in [6.07, 6.45) is 0. The summed E-state index contributed by atoms with van der Waals surface area (Å²) >= 11 is 3.62. The Bertz CT molecular complexity index is 123. The first-order chi connectivity index (χ1) is 4.83. The average molecular weight is 178 g/mol. The van der Waals surface area contributed by atoms with Gasteiger partial charge in [-0.25, -0.2) is 0 Å². The molecule has 0 spiro atoms. The van der Waals surface area contributed by atoms with Crippen LogP contribution in [0, 0.1) is 0 Å². The van der Waals surface area contributed by atoms with Gasteiger partial charge >= 0.3 is 5.97 Å². The van der Waals surface area contributed by atoms with Crippen LogP contribution < -0.4 is 0 Å². The lowest BCUT2D eigenvalue weighted by atomic mass is 10.6. The van der Waals surface area contributed by atoms with E-state index in [0.29, 0.717) is 5.75 Å². The van der Waals surface area contributed by atoms with Crippen molar-refractivity contribution in [3.63, 3.8) is 0 Å². The standard InChI is InChI=1S/C6H10O2S2/c1-8-6(7)4-9-2-5-3-10-5/h5H,2-4H2,1H3. The van der Waals surface area contributed by atoms with E-state index in [-0.39, 0.29) is 5.97 Å². The van der Waals surface area contributed by atoms with Crippen molar-refractivity contribution < 1.29 is 9.53 Å². The van der Waals surface area contributed by atoms with E-state index in [0.717, 1.165) is 11.0 Å². The van der Waals surface area contributed by atoms with Gasteiger partial charge in [-0.1, -0.05) is 0 Å². The fourth-order valence-corrected chi connectivity index (χ4v) is 2.36. The van der Waals surface area contributed by atoms with E-state index in [1.165, 1.54) is 12.9 Å². The van der Waals surface area contributed by atoms with Crippen molar-refractivity contribution >= 4 is 29.5 Å². The van der Waals surface area contributed by atoms with Gasteiger partial charge < -0.3 is 4.74 Å². The highest BCUT2D eigenvalue weighted by molar-refractivity contribution is 8.08. The van der Waals surface area contributed by atoms with E-state index in [9.17, 15) is 4.79 Å². The number of hydrogen-bond acceptors (Lipinski definition) is 4. The Kier molecular flexibility index (Phi) is 3.42. The summed E-state index contributed by atoms with van der Waals surface area (Å²) in [5, 5.41) is 0.814. The number of carbonyl (C=O) groups is 1. The zero-order chi connectivity index (χ0) is 7.40. The minimum atomic E-state index is -0.115. The highest BCUT2D eigenvalue weighted by Crippen LogP contribution is 2.32. The first kappa shape index (κ1) is 8.27. The zero-order valence-electron chi connectivity index (χ0n) is 5.83. The zero-order valence-corrected chi connectivity index (χ0v) is 7.46. The Morgan fingerprint density at radius 2 is 2.60 bits per heavy atom. The molecule has 1 aliphatic heterocycles. The second-order valence-corrected chi connectivity index (χ2v) is 4.41. The summed E-state index contributed by atoms with van der Waals surface area (Å²) in [4.78, 5) is 10.6. The Morgan fingerprint density at radius 1 is 1.90 bits per heavy atom. The molecule has 0 amide bonds. The van der Waals surface area contributed by atoms with Crippen LogP contribution >= 0.6 is 23.5 Å². The maximum absolute atomic E-state index is 10.6. The molecule has 0 radical (unpaired) electrons. The lowest BCUT2D eigenvalue weighted by molar-refractivity contribution is -0.137. The average Bonchev–Trinajstić information content (AvgIpc) is 2.71. The van der Waals surface area contributed by atoms with Crippen molar-refractivity contribution in [2.45, 2.75) is 5.25 Å². The highest BCUT2D eigenvalue weighted by Gasteiger charge is 2.22. The molecule has 0 aromatic carbocycles. The van der Waals surface area contributed by atoms with Gasteiger partial charge in [-0.05, 0) is 0 Å². The Morgan fingerprint density at radius 3 is 3.10 bits per heavy atom. The molecule has 0 aliphatic carbocycles. The van der Waals surface area contributed by atoms with Crippen molar-refractivity contribution in [2.24, 2.45) is 0 Å². The van der Waals surface area contributed by atoms with Gasteiger partial charge in [-0.2, -0.15) is 11.8 Å². The van der Waals surface area contributed by atoms with Crippen LogP contribution in [-0.2, 0) is 9.53 Å². The van der Waals surface area contributed by atoms with E-state index >= 15 is 0 Å². The molecular formula is C6H10O2S2. The molecular weight excluding hydrogens is 168 g/mol. The third kappa shape index (κ3) is 3.37. The van der Waals surface area contributed by atoms with E-state index in [2.05, 4.69) is 4.74 Å². The third-order valence-corrected chi connectivity index (χ3v) is 3.41. The van der Waals surface area contributed by atoms with E-state index in [1.807, 2.05) is 11.8 Å². The minimum absolute atomic E-state index is 0.115. The molecule has 1 unspecified atom stereocenters. The first-order valence-electron chi connectivity index (χ1n) is 3.09. The van der Waals surface area contributed by atoms with Crippen LogP contribution in [0.25, 0.3) is 0 Å². The summed E-state index contributed by atoms with van der Waals surface area (Å²) in [7, 11) is 1.43. The van der Waals surface area contributed by atoms with Crippen LogP contribution in [-0.4, -0.2) is 35.6 Å². The summed E-state index contributed by atoms with van der Waals surface area (Å²) in [5.41, 5.74) is 0. The van der Waals surface area contributed by atoms with Crippen LogP contribution in [0.5, 0.6) is 0 Å². The Labute approximate surface area is 69.1 Å². The van der Waals surface area contributed by atoms with Gasteiger partial charge in [0.1, 0.15) is 0 Å². The number of thioether (sulfide) groups is 2. The van der Waals surface area contributed by atoms with Gasteiger partial charge in [-0.15, -0.1) is 11.8 Å². The molecule has 1 aliphatic rings. The highest BCUT2D eigenvalue weighted by atomic mass is 32.2. The molecule has 10 heavy (non-hydrogen) atoms. The predicted octanol–water partition coefficient (Wildman–Crippen LogP) is 1.01. The molecule has 1 fully saturated rings. The van der Waals surface area contributed by atoms with Crippen LogP contribution in [0.2, 0.25) is 0 Å². The topological polar surface area (TPSA) is 26.3 Å². The molecule has 0 bridgehead atoms. The summed E-state index contributed by atoms with van der Waals surface area (Å²) in [6.45, 7) is 0. The van der Waals surface area contributed by atoms with Crippen molar-refractivity contribution in [3.05, 3.63) is 0 Å². The van der Waals surface area contributed by atoms with E-state index in [4.69, 9.17) is 0 Å². The number of hydrogen-bond donors (Lipinski definition) is 0. The number of ether oxygens (including phenoxy) is 1. The molecule has 2 nitrogen and oxygen atoms in total. The van der Waals surface area contributed by atoms with Crippen LogP contribution in [0.3, 0.4) is 0 Å². The minimum Gasteiger partial charge on any atom is -0.468 e. The SMILES string of the molecule is COC(=O)CSCC1CS1. The van der Waals surface area contributed by atoms with Crippen LogP contribution in [0.1, 0.15) is 0 Å². The summed E-state index contributed by atoms with van der Waals surface area (Å²) < 4.78 is 4.49. The molecule has 0 N–H and O–H groups in total. The van der Waals surface area contributed by atoms with Crippen molar-refractivity contribution in [1.82, 2.24) is 0 Å². The van der Waals surface area contributed by atoms with Gasteiger partial charge in [0.25, 0.3) is 0 Å². The van der Waals surface area contributed by atoms with Gasteiger partial charge in [-0.3, -0.25) is 4.79 Å². The second-order valence-electron chi connectivity index (χ2n) is 2.05. The van der Waals surface area contributed by atoms with Crippen molar-refractivity contribution in [1.29, 1.82) is 0 Å². The molecule has 0 aromatic rings. The maximum Gasteiger partial charge on any atom is 0.315 e. The third-order valence-electron chi connectivity index (χ3n) is 1.15. The number of methoxy groups -OCH3 is 1. The second kappa shape index (κ2) is 4.13. The fraction of sp³-hybridized carbons (Fsp3) is 0.833. The van der Waals surface area contributed by atoms with Crippen LogP contribution in [0.4, 0.5) is 0 Å². The number of rotatable bonds is 4. The van der Waals surface area contributed by atoms with Gasteiger partial charge in [0.15, 0.2) is 0 Å². The summed E-state index contributed by atoms with van der Waals surface area (Å²) in [6, 6.07) is 0. The number of carbonyl (C=O) groups excluding carboxylic acids is 1. The summed E-state index contributed by atoms with van der Waals surface area (Å²) in [5.74, 6) is 2.76. The largest absolute Gasteiger partial charge is 0.468 e. The lowest BCUT2D eigenvalue weighted by Crippen LogP contribution is -2.04. The van der Waals surface area contributed by atoms with Crippen LogP contribution in [0.15, 0.2) is 0 Å². The molecule has 1 saturated heterocycles. The maximum atomic E-state index is 10.6. The van der Waals surface area contributed by atoms with Gasteiger partial charge in [0.05, 0.1) is 12.9 Å². The van der Waals surface area contributed by atoms with Gasteiger partial charge in [0, 0.05) is 16.8 Å². The predicted molar refractivity (Wildman–Crippen MR) is 45.6 cm³/mol. The van der Waals surface area contributed by atoms with Crippen molar-refractivity contribution in [2.75, 3.05) is 24.4 Å². The fourth-order valence-electron chi connectivity index (χ4n) is 0.497. The smallest absolute Gasteiger partial charge is 0.315 e. The number of esters is 1. The normalized spacial score (nSPS) is 22.3. The molecule has 1 rings (SSSR count). The lowest BCUT2D eigenvalue weighted by Gasteiger charge is -1.96. The molecule has 1 atom stereocenters. The first-order valence-corrected chi connectivity index (χ1v) is 5.29. The van der Waals surface area contributed by atoms with Gasteiger partial charge in [0.2, 0.25) is 0 Å². The van der Waals surface area contributed by atoms with E-state index < -0.39 is 0 Å². The molecule has 1 heterocycles. The monoisotopic (exact) mass is 178 g/mol. The van der Waals surface area contributed by atoms with E-state index in [1.54, 1.807) is 11.8 Å².